The van der Waals surface area contributed by atoms with Gasteiger partial charge in [0.25, 0.3) is 0 Å². The quantitative estimate of drug-likeness (QED) is 0.595. The van der Waals surface area contributed by atoms with E-state index in [4.69, 9.17) is 4.74 Å². The molecule has 1 aliphatic heterocycles. The molecule has 100 valence electrons. The molecule has 2 rings (SSSR count). The Hall–Kier alpha value is -1.30. The molecule has 0 atom stereocenters. The molecule has 5 nitrogen and oxygen atoms in total. The highest BCUT2D eigenvalue weighted by atomic mass is 16.5. The van der Waals surface area contributed by atoms with E-state index in [-0.39, 0.29) is 23.6 Å². The van der Waals surface area contributed by atoms with Crippen LogP contribution in [0.3, 0.4) is 0 Å². The van der Waals surface area contributed by atoms with Crippen LogP contribution in [0.4, 0.5) is 0 Å². The molecule has 0 radical (unpaired) electrons. The van der Waals surface area contributed by atoms with Gasteiger partial charge in [-0.1, -0.05) is 6.07 Å². The summed E-state index contributed by atoms with van der Waals surface area (Å²) in [6.07, 6.45) is 1.54. The predicted octanol–water partition coefficient (Wildman–Crippen LogP) is 0.729. The normalized spacial score (nSPS) is 18.7. The van der Waals surface area contributed by atoms with Gasteiger partial charge >= 0.3 is 0 Å². The van der Waals surface area contributed by atoms with Gasteiger partial charge in [0.05, 0.1) is 6.61 Å². The minimum atomic E-state index is -0.300. The molecule has 1 aromatic carbocycles. The third kappa shape index (κ3) is 2.93. The van der Waals surface area contributed by atoms with E-state index in [2.05, 4.69) is 5.32 Å². The molecule has 1 aliphatic rings. The molecule has 0 saturated carbocycles. The second-order valence-corrected chi connectivity index (χ2v) is 4.73. The van der Waals surface area contributed by atoms with Gasteiger partial charge in [-0.15, -0.1) is 0 Å². The average molecular weight is 253 g/mol. The van der Waals surface area contributed by atoms with Crippen LogP contribution in [0.15, 0.2) is 18.2 Å². The number of phenols is 2. The largest absolute Gasteiger partial charge is 0.504 e. The van der Waals surface area contributed by atoms with Crippen molar-refractivity contribution >= 4 is 0 Å². The molecule has 0 spiro atoms. The zero-order valence-corrected chi connectivity index (χ0v) is 10.2. The highest BCUT2D eigenvalue weighted by molar-refractivity contribution is 5.40. The molecule has 1 aromatic rings. The molecular formula is C13H19NO4. The first kappa shape index (κ1) is 13.1. The summed E-state index contributed by atoms with van der Waals surface area (Å²) in [6, 6.07) is 4.72. The molecule has 0 aliphatic carbocycles. The Morgan fingerprint density at radius 1 is 1.17 bits per heavy atom. The molecule has 0 unspecified atom stereocenters. The monoisotopic (exact) mass is 253 g/mol. The van der Waals surface area contributed by atoms with Crippen molar-refractivity contribution in [1.82, 2.24) is 5.32 Å². The summed E-state index contributed by atoms with van der Waals surface area (Å²) in [5.41, 5.74) is 0.566. The van der Waals surface area contributed by atoms with Crippen LogP contribution in [-0.4, -0.2) is 40.7 Å². The molecular weight excluding hydrogens is 234 g/mol. The molecule has 5 heteroatoms. The van der Waals surface area contributed by atoms with E-state index >= 15 is 0 Å². The number of benzene rings is 1. The minimum Gasteiger partial charge on any atom is -0.504 e. The van der Waals surface area contributed by atoms with Gasteiger partial charge in [-0.2, -0.15) is 0 Å². The molecule has 0 bridgehead atoms. The Morgan fingerprint density at radius 3 is 2.50 bits per heavy atom. The third-order valence-electron chi connectivity index (χ3n) is 3.46. The number of aliphatic hydroxyl groups excluding tert-OH is 1. The Labute approximate surface area is 106 Å². The Balaban J connectivity index is 1.98. The lowest BCUT2D eigenvalue weighted by atomic mass is 9.90. The predicted molar refractivity (Wildman–Crippen MR) is 66.5 cm³/mol. The number of hydrogen-bond donors (Lipinski definition) is 4. The van der Waals surface area contributed by atoms with Gasteiger partial charge in [0, 0.05) is 25.3 Å². The maximum Gasteiger partial charge on any atom is 0.157 e. The number of hydrogen-bond acceptors (Lipinski definition) is 5. The summed E-state index contributed by atoms with van der Waals surface area (Å²) in [6.45, 7) is 1.90. The Morgan fingerprint density at radius 2 is 1.89 bits per heavy atom. The van der Waals surface area contributed by atoms with Gasteiger partial charge in [-0.05, 0) is 30.5 Å². The van der Waals surface area contributed by atoms with E-state index < -0.39 is 0 Å². The highest BCUT2D eigenvalue weighted by Crippen LogP contribution is 2.26. The van der Waals surface area contributed by atoms with Crippen LogP contribution < -0.4 is 5.32 Å². The molecule has 1 saturated heterocycles. The van der Waals surface area contributed by atoms with E-state index in [1.54, 1.807) is 6.07 Å². The van der Waals surface area contributed by atoms with Gasteiger partial charge < -0.3 is 25.4 Å². The first-order chi connectivity index (χ1) is 8.65. The van der Waals surface area contributed by atoms with Crippen LogP contribution >= 0.6 is 0 Å². The van der Waals surface area contributed by atoms with Gasteiger partial charge in [-0.25, -0.2) is 0 Å². The summed E-state index contributed by atoms with van der Waals surface area (Å²) >= 11 is 0. The first-order valence-electron chi connectivity index (χ1n) is 6.10. The topological polar surface area (TPSA) is 82.0 Å². The summed E-state index contributed by atoms with van der Waals surface area (Å²) < 4.78 is 5.29. The number of rotatable bonds is 4. The average Bonchev–Trinajstić information content (AvgIpc) is 2.41. The molecule has 1 fully saturated rings. The standard InChI is InChI=1S/C13H19NO4/c15-9-13(3-5-18-6-4-13)14-8-10-1-2-11(16)12(17)7-10/h1-2,7,14-17H,3-6,8-9H2. The van der Waals surface area contributed by atoms with Gasteiger partial charge in [0.15, 0.2) is 11.5 Å². The van der Waals surface area contributed by atoms with Crippen molar-refractivity contribution < 1.29 is 20.1 Å². The smallest absolute Gasteiger partial charge is 0.157 e. The first-order valence-corrected chi connectivity index (χ1v) is 6.10. The van der Waals surface area contributed by atoms with Crippen molar-refractivity contribution in [2.45, 2.75) is 24.9 Å². The second-order valence-electron chi connectivity index (χ2n) is 4.73. The van der Waals surface area contributed by atoms with Crippen molar-refractivity contribution in [3.8, 4) is 11.5 Å². The van der Waals surface area contributed by atoms with Gasteiger partial charge in [-0.3, -0.25) is 0 Å². The number of ether oxygens (including phenoxy) is 1. The third-order valence-corrected chi connectivity index (χ3v) is 3.46. The van der Waals surface area contributed by atoms with E-state index in [1.165, 1.54) is 12.1 Å². The van der Waals surface area contributed by atoms with Crippen LogP contribution in [0.25, 0.3) is 0 Å². The van der Waals surface area contributed by atoms with Gasteiger partial charge in [0.1, 0.15) is 0 Å². The van der Waals surface area contributed by atoms with E-state index in [9.17, 15) is 15.3 Å². The fourth-order valence-electron chi connectivity index (χ4n) is 2.12. The van der Waals surface area contributed by atoms with E-state index in [1.807, 2.05) is 0 Å². The maximum atomic E-state index is 9.51. The summed E-state index contributed by atoms with van der Waals surface area (Å²) in [5.74, 6) is -0.249. The van der Waals surface area contributed by atoms with Crippen molar-refractivity contribution in [3.05, 3.63) is 23.8 Å². The Bertz CT molecular complexity index is 402. The zero-order chi connectivity index (χ0) is 13.0. The number of aromatic hydroxyl groups is 2. The molecule has 1 heterocycles. The number of aliphatic hydroxyl groups is 1. The number of nitrogens with one attached hydrogen (secondary N) is 1. The molecule has 4 N–H and O–H groups in total. The lowest BCUT2D eigenvalue weighted by Gasteiger charge is -2.36. The SMILES string of the molecule is OCC1(NCc2ccc(O)c(O)c2)CCOCC1. The summed E-state index contributed by atoms with van der Waals surface area (Å²) in [4.78, 5) is 0. The fourth-order valence-corrected chi connectivity index (χ4v) is 2.12. The van der Waals surface area contributed by atoms with Gasteiger partial charge in [0.2, 0.25) is 0 Å². The van der Waals surface area contributed by atoms with Crippen molar-refractivity contribution in [2.24, 2.45) is 0 Å². The van der Waals surface area contributed by atoms with Crippen LogP contribution in [0.2, 0.25) is 0 Å². The van der Waals surface area contributed by atoms with Crippen LogP contribution in [0.5, 0.6) is 11.5 Å². The fraction of sp³-hybridized carbons (Fsp3) is 0.538. The van der Waals surface area contributed by atoms with E-state index in [0.717, 1.165) is 18.4 Å². The lowest BCUT2D eigenvalue weighted by Crippen LogP contribution is -2.51. The maximum absolute atomic E-state index is 9.51. The second kappa shape index (κ2) is 5.56. The van der Waals surface area contributed by atoms with Crippen LogP contribution in [0, 0.1) is 0 Å². The lowest BCUT2D eigenvalue weighted by molar-refractivity contribution is 0.0111. The van der Waals surface area contributed by atoms with Crippen molar-refractivity contribution in [3.63, 3.8) is 0 Å². The van der Waals surface area contributed by atoms with Crippen molar-refractivity contribution in [1.29, 1.82) is 0 Å². The summed E-state index contributed by atoms with van der Waals surface area (Å²) in [7, 11) is 0. The molecule has 18 heavy (non-hydrogen) atoms. The number of phenolic OH excluding ortho intramolecular Hbond substituents is 2. The van der Waals surface area contributed by atoms with Crippen LogP contribution in [-0.2, 0) is 11.3 Å². The highest BCUT2D eigenvalue weighted by Gasteiger charge is 2.31. The molecule has 0 aromatic heterocycles. The molecule has 0 amide bonds. The van der Waals surface area contributed by atoms with Crippen molar-refractivity contribution in [2.75, 3.05) is 19.8 Å². The zero-order valence-electron chi connectivity index (χ0n) is 10.2. The Kier molecular flexibility index (Phi) is 4.06. The van der Waals surface area contributed by atoms with E-state index in [0.29, 0.717) is 19.8 Å². The van der Waals surface area contributed by atoms with Crippen LogP contribution in [0.1, 0.15) is 18.4 Å². The minimum absolute atomic E-state index is 0.0699. The summed E-state index contributed by atoms with van der Waals surface area (Å²) in [5, 5.41) is 31.5.